The topological polar surface area (TPSA) is 117 Å². The van der Waals surface area contributed by atoms with E-state index in [2.05, 4.69) is 19.7 Å². The molecule has 0 bridgehead atoms. The van der Waals surface area contributed by atoms with Crippen LogP contribution >= 0.6 is 0 Å². The van der Waals surface area contributed by atoms with Crippen LogP contribution in [0.4, 0.5) is 22.7 Å². The van der Waals surface area contributed by atoms with E-state index < -0.39 is 20.0 Å². The third kappa shape index (κ3) is 6.35. The van der Waals surface area contributed by atoms with Crippen LogP contribution in [0.25, 0.3) is 0 Å². The van der Waals surface area contributed by atoms with Crippen LogP contribution in [0.1, 0.15) is 11.1 Å². The third-order valence-corrected chi connectivity index (χ3v) is 7.98. The molecule has 0 amide bonds. The summed E-state index contributed by atoms with van der Waals surface area (Å²) >= 11 is 0. The number of rotatable bonds is 8. The first-order chi connectivity index (χ1) is 17.1. The Hall–Kier alpha value is -4.02. The summed E-state index contributed by atoms with van der Waals surface area (Å²) in [5.41, 5.74) is 3.80. The Kier molecular flexibility index (Phi) is 7.18. The Morgan fingerprint density at radius 2 is 0.778 bits per heavy atom. The van der Waals surface area contributed by atoms with Gasteiger partial charge in [-0.25, -0.2) is 16.8 Å². The molecule has 4 rings (SSSR count). The van der Waals surface area contributed by atoms with E-state index in [9.17, 15) is 16.8 Å². The SMILES string of the molecule is Cc1ccc(S(=O)(=O)Nc2ccc(N=Nc3ccc(NS(=O)(=O)c4ccc(C)cc4)cc3)cc2)cc1. The van der Waals surface area contributed by atoms with Crippen LogP contribution < -0.4 is 9.44 Å². The summed E-state index contributed by atoms with van der Waals surface area (Å²) in [6.45, 7) is 3.78. The Bertz CT molecular complexity index is 1460. The molecule has 0 atom stereocenters. The first-order valence-electron chi connectivity index (χ1n) is 10.9. The summed E-state index contributed by atoms with van der Waals surface area (Å²) in [5.74, 6) is 0. The predicted octanol–water partition coefficient (Wildman–Crippen LogP) is 6.32. The molecule has 8 nitrogen and oxygen atoms in total. The van der Waals surface area contributed by atoms with Gasteiger partial charge in [0.05, 0.1) is 21.2 Å². The first-order valence-corrected chi connectivity index (χ1v) is 13.9. The summed E-state index contributed by atoms with van der Waals surface area (Å²) in [4.78, 5) is 0.364. The van der Waals surface area contributed by atoms with Crippen molar-refractivity contribution in [2.45, 2.75) is 23.6 Å². The number of hydrogen-bond donors (Lipinski definition) is 2. The van der Waals surface area contributed by atoms with E-state index in [4.69, 9.17) is 0 Å². The minimum Gasteiger partial charge on any atom is -0.280 e. The van der Waals surface area contributed by atoms with Crippen molar-refractivity contribution in [2.75, 3.05) is 9.44 Å². The molecular formula is C26H24N4O4S2. The van der Waals surface area contributed by atoms with Gasteiger partial charge in [-0.1, -0.05) is 35.4 Å². The molecule has 0 aliphatic carbocycles. The maximum absolute atomic E-state index is 12.5. The van der Waals surface area contributed by atoms with Gasteiger partial charge in [0.25, 0.3) is 20.0 Å². The minimum atomic E-state index is -3.69. The zero-order chi connectivity index (χ0) is 25.8. The van der Waals surface area contributed by atoms with Crippen molar-refractivity contribution in [1.29, 1.82) is 0 Å². The average Bonchev–Trinajstić information content (AvgIpc) is 2.85. The van der Waals surface area contributed by atoms with E-state index in [0.29, 0.717) is 22.7 Å². The predicted molar refractivity (Wildman–Crippen MR) is 141 cm³/mol. The van der Waals surface area contributed by atoms with E-state index >= 15 is 0 Å². The highest BCUT2D eigenvalue weighted by atomic mass is 32.2. The molecule has 0 aliphatic rings. The summed E-state index contributed by atoms with van der Waals surface area (Å²) in [7, 11) is -7.38. The Balaban J connectivity index is 1.39. The fourth-order valence-electron chi connectivity index (χ4n) is 3.17. The Labute approximate surface area is 210 Å². The van der Waals surface area contributed by atoms with E-state index in [1.165, 1.54) is 0 Å². The highest BCUT2D eigenvalue weighted by molar-refractivity contribution is 7.93. The average molecular weight is 521 g/mol. The lowest BCUT2D eigenvalue weighted by atomic mass is 10.2. The number of hydrogen-bond acceptors (Lipinski definition) is 6. The molecule has 0 saturated heterocycles. The molecule has 4 aromatic rings. The smallest absolute Gasteiger partial charge is 0.261 e. The molecule has 10 heteroatoms. The van der Waals surface area contributed by atoms with Gasteiger partial charge in [0, 0.05) is 11.4 Å². The quantitative estimate of drug-likeness (QED) is 0.264. The van der Waals surface area contributed by atoms with Crippen LogP contribution in [0.5, 0.6) is 0 Å². The fourth-order valence-corrected chi connectivity index (χ4v) is 5.29. The zero-order valence-corrected chi connectivity index (χ0v) is 21.2. The van der Waals surface area contributed by atoms with Gasteiger partial charge in [-0.05, 0) is 86.6 Å². The second-order valence-electron chi connectivity index (χ2n) is 8.13. The van der Waals surface area contributed by atoms with Gasteiger partial charge in [0.15, 0.2) is 0 Å². The minimum absolute atomic E-state index is 0.182. The second kappa shape index (κ2) is 10.3. The highest BCUT2D eigenvalue weighted by Crippen LogP contribution is 2.24. The van der Waals surface area contributed by atoms with E-state index in [0.717, 1.165) is 11.1 Å². The van der Waals surface area contributed by atoms with Crippen molar-refractivity contribution < 1.29 is 16.8 Å². The molecular weight excluding hydrogens is 496 g/mol. The van der Waals surface area contributed by atoms with Crippen LogP contribution in [-0.2, 0) is 20.0 Å². The largest absolute Gasteiger partial charge is 0.280 e. The molecule has 0 spiro atoms. The van der Waals surface area contributed by atoms with Gasteiger partial charge in [-0.15, -0.1) is 0 Å². The number of benzene rings is 4. The van der Waals surface area contributed by atoms with Crippen molar-refractivity contribution in [2.24, 2.45) is 10.2 Å². The molecule has 0 fully saturated rings. The lowest BCUT2D eigenvalue weighted by Crippen LogP contribution is -2.12. The number of azo groups is 1. The zero-order valence-electron chi connectivity index (χ0n) is 19.6. The molecule has 0 heterocycles. The van der Waals surface area contributed by atoms with E-state index in [-0.39, 0.29) is 9.79 Å². The normalized spacial score (nSPS) is 11.9. The number of nitrogens with zero attached hydrogens (tertiary/aromatic N) is 2. The molecule has 0 aromatic heterocycles. The first kappa shape index (κ1) is 25.1. The Morgan fingerprint density at radius 1 is 0.472 bits per heavy atom. The Morgan fingerprint density at radius 3 is 1.08 bits per heavy atom. The molecule has 36 heavy (non-hydrogen) atoms. The van der Waals surface area contributed by atoms with Gasteiger partial charge in [0.1, 0.15) is 0 Å². The molecule has 184 valence electrons. The second-order valence-corrected chi connectivity index (χ2v) is 11.5. The lowest BCUT2D eigenvalue weighted by Gasteiger charge is -2.08. The van der Waals surface area contributed by atoms with Crippen LogP contribution in [0.3, 0.4) is 0 Å². The fraction of sp³-hybridized carbons (Fsp3) is 0.0769. The van der Waals surface area contributed by atoms with Gasteiger partial charge in [-0.3, -0.25) is 9.44 Å². The van der Waals surface area contributed by atoms with Gasteiger partial charge < -0.3 is 0 Å². The van der Waals surface area contributed by atoms with Crippen molar-refractivity contribution >= 4 is 42.8 Å². The van der Waals surface area contributed by atoms with Crippen LogP contribution in [0.15, 0.2) is 117 Å². The summed E-state index contributed by atoms with van der Waals surface area (Å²) in [5, 5.41) is 8.30. The van der Waals surface area contributed by atoms with Gasteiger partial charge in [-0.2, -0.15) is 10.2 Å². The number of anilines is 2. The standard InChI is InChI=1S/C26H24N4O4S2/c1-19-3-15-25(16-4-19)35(31,32)29-23-11-7-21(8-12-23)27-28-22-9-13-24(14-10-22)30-36(33,34)26-17-5-20(2)6-18-26/h3-18,29-30H,1-2H3. The number of nitrogens with one attached hydrogen (secondary N) is 2. The van der Waals surface area contributed by atoms with Crippen molar-refractivity contribution in [3.05, 3.63) is 108 Å². The summed E-state index contributed by atoms with van der Waals surface area (Å²) < 4.78 is 55.2. The molecule has 0 radical (unpaired) electrons. The van der Waals surface area contributed by atoms with Crippen LogP contribution in [0, 0.1) is 13.8 Å². The summed E-state index contributed by atoms with van der Waals surface area (Å²) in [6, 6.07) is 26.1. The molecule has 0 unspecified atom stereocenters. The molecule has 2 N–H and O–H groups in total. The van der Waals surface area contributed by atoms with Gasteiger partial charge >= 0.3 is 0 Å². The van der Waals surface area contributed by atoms with Gasteiger partial charge in [0.2, 0.25) is 0 Å². The van der Waals surface area contributed by atoms with Crippen molar-refractivity contribution in [3.8, 4) is 0 Å². The van der Waals surface area contributed by atoms with Crippen LogP contribution in [0.2, 0.25) is 0 Å². The van der Waals surface area contributed by atoms with E-state index in [1.807, 2.05) is 13.8 Å². The van der Waals surface area contributed by atoms with E-state index in [1.54, 1.807) is 97.1 Å². The number of aryl methyl sites for hydroxylation is 2. The lowest BCUT2D eigenvalue weighted by molar-refractivity contribution is 0.599. The molecule has 0 saturated carbocycles. The highest BCUT2D eigenvalue weighted by Gasteiger charge is 2.14. The van der Waals surface area contributed by atoms with Crippen molar-refractivity contribution in [3.63, 3.8) is 0 Å². The van der Waals surface area contributed by atoms with Crippen LogP contribution in [-0.4, -0.2) is 16.8 Å². The monoisotopic (exact) mass is 520 g/mol. The maximum Gasteiger partial charge on any atom is 0.261 e. The summed E-state index contributed by atoms with van der Waals surface area (Å²) in [6.07, 6.45) is 0. The number of sulfonamides is 2. The molecule has 0 aliphatic heterocycles. The third-order valence-electron chi connectivity index (χ3n) is 5.18. The molecule has 4 aromatic carbocycles. The van der Waals surface area contributed by atoms with Crippen molar-refractivity contribution in [1.82, 2.24) is 0 Å². The maximum atomic E-state index is 12.5.